The number of allylic oxidation sites excluding steroid dienone is 2. The number of aromatic amines is 1. The Balaban J connectivity index is 1.56. The highest BCUT2D eigenvalue weighted by Crippen LogP contribution is 2.48. The van der Waals surface area contributed by atoms with Crippen LogP contribution in [0, 0.1) is 15.5 Å². The summed E-state index contributed by atoms with van der Waals surface area (Å²) in [7, 11) is 1.58. The number of hydrogen-bond donors (Lipinski definition) is 2. The maximum atomic E-state index is 13.5. The maximum absolute atomic E-state index is 13.5. The molecule has 2 N–H and O–H groups in total. The maximum Gasteiger partial charge on any atom is 0.269 e. The van der Waals surface area contributed by atoms with Crippen molar-refractivity contribution in [3.8, 4) is 5.75 Å². The second kappa shape index (κ2) is 9.51. The first-order valence-corrected chi connectivity index (χ1v) is 12.8. The Morgan fingerprint density at radius 1 is 1.16 bits per heavy atom. The van der Waals surface area contributed by atoms with Crippen molar-refractivity contribution in [1.82, 2.24) is 9.97 Å². The van der Waals surface area contributed by atoms with Gasteiger partial charge < -0.3 is 15.0 Å². The van der Waals surface area contributed by atoms with Gasteiger partial charge in [0.25, 0.3) is 11.2 Å². The number of anilines is 1. The number of ether oxygens (including phenoxy) is 1. The minimum absolute atomic E-state index is 0.0110. The first-order valence-electron chi connectivity index (χ1n) is 11.8. The number of thioether (sulfide) groups is 1. The molecule has 1 aromatic heterocycles. The fraction of sp³-hybridized carbons (Fsp3) is 0.296. The van der Waals surface area contributed by atoms with E-state index in [-0.39, 0.29) is 22.4 Å². The van der Waals surface area contributed by atoms with E-state index in [2.05, 4.69) is 24.1 Å². The third kappa shape index (κ3) is 4.89. The van der Waals surface area contributed by atoms with E-state index in [1.807, 2.05) is 24.3 Å². The van der Waals surface area contributed by atoms with Crippen molar-refractivity contribution in [3.05, 3.63) is 97.0 Å². The lowest BCUT2D eigenvalue weighted by molar-refractivity contribution is -0.384. The fourth-order valence-corrected chi connectivity index (χ4v) is 5.83. The molecule has 2 aromatic carbocycles. The Morgan fingerprint density at radius 3 is 2.70 bits per heavy atom. The van der Waals surface area contributed by atoms with Gasteiger partial charge in [-0.2, -0.15) is 0 Å². The largest absolute Gasteiger partial charge is 0.497 e. The van der Waals surface area contributed by atoms with Crippen LogP contribution in [0.25, 0.3) is 0 Å². The van der Waals surface area contributed by atoms with E-state index >= 15 is 0 Å². The summed E-state index contributed by atoms with van der Waals surface area (Å²) in [4.78, 5) is 45.1. The minimum Gasteiger partial charge on any atom is -0.497 e. The van der Waals surface area contributed by atoms with Crippen LogP contribution in [-0.2, 0) is 10.5 Å². The summed E-state index contributed by atoms with van der Waals surface area (Å²) >= 11 is 1.28. The first-order chi connectivity index (χ1) is 17.6. The number of Topliss-reactive ketones (excluding diaryl/α,β-unsaturated/α-hetero) is 1. The summed E-state index contributed by atoms with van der Waals surface area (Å²) in [6, 6.07) is 13.8. The van der Waals surface area contributed by atoms with Crippen LogP contribution in [0.2, 0.25) is 0 Å². The van der Waals surface area contributed by atoms with E-state index in [0.717, 1.165) is 16.8 Å². The number of fused-ring (bicyclic) bond motifs is 1. The molecule has 190 valence electrons. The van der Waals surface area contributed by atoms with Gasteiger partial charge in [0.15, 0.2) is 10.9 Å². The number of carbonyl (C=O) groups excluding carboxylic acids is 1. The Labute approximate surface area is 217 Å². The molecule has 1 unspecified atom stereocenters. The molecule has 0 fully saturated rings. The number of aromatic nitrogens is 2. The zero-order chi connectivity index (χ0) is 26.3. The molecule has 0 saturated carbocycles. The van der Waals surface area contributed by atoms with Crippen molar-refractivity contribution >= 4 is 29.1 Å². The van der Waals surface area contributed by atoms with Gasteiger partial charge in [-0.05, 0) is 35.1 Å². The van der Waals surface area contributed by atoms with E-state index < -0.39 is 10.8 Å². The van der Waals surface area contributed by atoms with E-state index in [1.165, 1.54) is 23.9 Å². The van der Waals surface area contributed by atoms with Crippen molar-refractivity contribution in [3.63, 3.8) is 0 Å². The second-order valence-electron chi connectivity index (χ2n) is 10.0. The van der Waals surface area contributed by atoms with E-state index in [4.69, 9.17) is 9.72 Å². The van der Waals surface area contributed by atoms with Gasteiger partial charge in [0.05, 0.1) is 17.6 Å². The summed E-state index contributed by atoms with van der Waals surface area (Å²) < 4.78 is 5.41. The Bertz CT molecular complexity index is 1510. The normalized spacial score (nSPS) is 18.0. The average Bonchev–Trinajstić information content (AvgIpc) is 2.85. The van der Waals surface area contributed by atoms with Gasteiger partial charge in [-0.25, -0.2) is 4.98 Å². The molecule has 1 aliphatic heterocycles. The molecule has 5 rings (SSSR count). The number of nitro groups is 1. The number of nitro benzene ring substituents is 1. The molecule has 0 radical (unpaired) electrons. The van der Waals surface area contributed by atoms with Crippen LogP contribution in [0.3, 0.4) is 0 Å². The summed E-state index contributed by atoms with van der Waals surface area (Å²) in [5.41, 5.74) is 2.75. The number of non-ortho nitro benzene ring substituents is 1. The van der Waals surface area contributed by atoms with E-state index in [1.54, 1.807) is 19.2 Å². The Kier molecular flexibility index (Phi) is 6.36. The van der Waals surface area contributed by atoms with Crippen LogP contribution < -0.4 is 15.6 Å². The molecule has 9 nitrogen and oxygen atoms in total. The van der Waals surface area contributed by atoms with Gasteiger partial charge in [-0.1, -0.05) is 49.9 Å². The van der Waals surface area contributed by atoms with Gasteiger partial charge in [0.2, 0.25) is 0 Å². The average molecular weight is 519 g/mol. The lowest BCUT2D eigenvalue weighted by Gasteiger charge is -2.38. The predicted molar refractivity (Wildman–Crippen MR) is 141 cm³/mol. The molecule has 1 atom stereocenters. The SMILES string of the molecule is COc1cccc(C2C3=C(CC(C)(C)CC3=O)Nc3nc(SCc4cccc([N+](=O)[O-])c4)[nH]c(=O)c32)c1. The molecule has 2 aliphatic rings. The summed E-state index contributed by atoms with van der Waals surface area (Å²) in [5.74, 6) is 0.888. The lowest BCUT2D eigenvalue weighted by Crippen LogP contribution is -2.37. The molecule has 0 bridgehead atoms. The topological polar surface area (TPSA) is 127 Å². The fourth-order valence-electron chi connectivity index (χ4n) is 5.03. The van der Waals surface area contributed by atoms with Crippen molar-refractivity contribution in [2.24, 2.45) is 5.41 Å². The molecule has 2 heterocycles. The van der Waals surface area contributed by atoms with Crippen molar-refractivity contribution < 1.29 is 14.5 Å². The zero-order valence-corrected chi connectivity index (χ0v) is 21.5. The first kappa shape index (κ1) is 24.8. The number of benzene rings is 2. The molecule has 37 heavy (non-hydrogen) atoms. The zero-order valence-electron chi connectivity index (χ0n) is 20.7. The van der Waals surface area contributed by atoms with Gasteiger partial charge in [-0.15, -0.1) is 0 Å². The van der Waals surface area contributed by atoms with Gasteiger partial charge in [0.1, 0.15) is 11.6 Å². The molecule has 1 aliphatic carbocycles. The quantitative estimate of drug-likeness (QED) is 0.198. The van der Waals surface area contributed by atoms with Crippen LogP contribution in [0.1, 0.15) is 49.3 Å². The van der Waals surface area contributed by atoms with Gasteiger partial charge >= 0.3 is 0 Å². The van der Waals surface area contributed by atoms with Crippen LogP contribution in [0.5, 0.6) is 5.75 Å². The molecular formula is C27H26N4O5S. The highest BCUT2D eigenvalue weighted by Gasteiger charge is 2.42. The minimum atomic E-state index is -0.572. The number of nitrogens with one attached hydrogen (secondary N) is 2. The van der Waals surface area contributed by atoms with Crippen LogP contribution in [-0.4, -0.2) is 27.8 Å². The number of carbonyl (C=O) groups is 1. The van der Waals surface area contributed by atoms with Crippen molar-refractivity contribution in [1.29, 1.82) is 0 Å². The van der Waals surface area contributed by atoms with Crippen LogP contribution in [0.4, 0.5) is 11.5 Å². The number of nitrogens with zero attached hydrogens (tertiary/aromatic N) is 2. The number of H-pyrrole nitrogens is 1. The Morgan fingerprint density at radius 2 is 1.95 bits per heavy atom. The highest BCUT2D eigenvalue weighted by molar-refractivity contribution is 7.98. The van der Waals surface area contributed by atoms with E-state index in [0.29, 0.717) is 46.5 Å². The van der Waals surface area contributed by atoms with Crippen LogP contribution >= 0.6 is 11.8 Å². The predicted octanol–water partition coefficient (Wildman–Crippen LogP) is 5.18. The molecule has 0 saturated heterocycles. The molecule has 10 heteroatoms. The van der Waals surface area contributed by atoms with Crippen molar-refractivity contribution in [2.45, 2.75) is 43.5 Å². The van der Waals surface area contributed by atoms with Crippen molar-refractivity contribution in [2.75, 3.05) is 12.4 Å². The highest BCUT2D eigenvalue weighted by atomic mass is 32.2. The van der Waals surface area contributed by atoms with Gasteiger partial charge in [-0.3, -0.25) is 19.7 Å². The monoisotopic (exact) mass is 518 g/mol. The summed E-state index contributed by atoms with van der Waals surface area (Å²) in [5, 5.41) is 14.8. The standard InChI is InChI=1S/C27H26N4O5S/c1-27(2)12-19-22(20(32)13-27)21(16-7-5-9-18(11-16)36-3)23-24(28-19)29-26(30-25(23)33)37-14-15-6-4-8-17(10-15)31(34)35/h4-11,21H,12-14H2,1-3H3,(H2,28,29,30,33). The third-order valence-corrected chi connectivity index (χ3v) is 7.57. The molecule has 0 spiro atoms. The van der Waals surface area contributed by atoms with Crippen LogP contribution in [0.15, 0.2) is 69.8 Å². The van der Waals surface area contributed by atoms with E-state index in [9.17, 15) is 19.7 Å². The summed E-state index contributed by atoms with van der Waals surface area (Å²) in [6.45, 7) is 4.11. The number of rotatable bonds is 6. The smallest absolute Gasteiger partial charge is 0.269 e. The second-order valence-corrected chi connectivity index (χ2v) is 11.0. The Hall–Kier alpha value is -3.92. The molecular weight excluding hydrogens is 492 g/mol. The van der Waals surface area contributed by atoms with Gasteiger partial charge in [0, 0.05) is 41.5 Å². The number of methoxy groups -OCH3 is 1. The molecule has 3 aromatic rings. The molecule has 0 amide bonds. The lowest BCUT2D eigenvalue weighted by atomic mass is 9.69. The number of ketones is 1. The third-order valence-electron chi connectivity index (χ3n) is 6.62. The summed E-state index contributed by atoms with van der Waals surface area (Å²) in [6.07, 6.45) is 1.05. The number of hydrogen-bond acceptors (Lipinski definition) is 8.